The molecule has 14 rings (SSSR count). The number of para-hydroxylation sites is 2. The predicted molar refractivity (Wildman–Crippen MR) is 385 cm³/mol. The molecule has 11 aromatic carbocycles. The summed E-state index contributed by atoms with van der Waals surface area (Å²) >= 11 is 0. The SMILES string of the molecule is [2H]c1c([2H])c([2H])c([Si](c2c([2H])c([2H])c([2H])c([2H])c2[2H])(c2c([2H])c([2H])c([2H])c([2H])c2[2H])c2c([2H])c([2H])c([2H])c(-c3cccc(-c4cc(C(C)(C)C)cc(C(C)(C)C)c4)c3-[n+]3[c-]n(-c4[c-]c(Oc5[c-]c6c(cc5)c5ccccc5n6-c5cc(C(C)(C)C)ccn5)ccc4)c4cc(-c5c(C([2H])([2H])[2H])cccc5C([2H])([2H])[2H])ccc43)c2[2H])c([2H])c1[2H].[Pt]. The molecule has 93 heavy (non-hydrogen) atoms. The van der Waals surface area contributed by atoms with Crippen molar-refractivity contribution in [3.63, 3.8) is 0 Å². The smallest absolute Gasteiger partial charge is 0.268 e. The second kappa shape index (κ2) is 24.5. The Balaban J connectivity index is 0.0000121. The molecule has 0 N–H and O–H groups in total. The van der Waals surface area contributed by atoms with Crippen molar-refractivity contribution in [2.24, 2.45) is 0 Å². The van der Waals surface area contributed by atoms with E-state index < -0.39 is 174 Å². The third-order valence-electron chi connectivity index (χ3n) is 16.8. The molecule has 3 aromatic heterocycles. The molecule has 0 aliphatic heterocycles. The first-order valence-electron chi connectivity index (χ1n) is 42.5. The number of aryl methyl sites for hydroxylation is 2. The minimum Gasteiger partial charge on any atom is -0.510 e. The van der Waals surface area contributed by atoms with Crippen LogP contribution in [0.5, 0.6) is 11.5 Å². The van der Waals surface area contributed by atoms with Gasteiger partial charge in [-0.1, -0.05) is 268 Å². The molecule has 0 amide bonds. The molecule has 5 nitrogen and oxygen atoms in total. The average Bonchev–Trinajstić information content (AvgIpc) is 0.800. The largest absolute Gasteiger partial charge is 0.510 e. The molecule has 0 spiro atoms. The number of hydrogen-bond acceptors (Lipinski definition) is 2. The van der Waals surface area contributed by atoms with Crippen LogP contribution in [-0.4, -0.2) is 22.2 Å². The number of rotatable bonds is 12. The van der Waals surface area contributed by atoms with E-state index in [4.69, 9.17) is 22.1 Å². The molecule has 0 bridgehead atoms. The van der Waals surface area contributed by atoms with Gasteiger partial charge in [-0.15, -0.1) is 29.7 Å². The van der Waals surface area contributed by atoms with E-state index in [9.17, 15) is 21.9 Å². The molecule has 7 heteroatoms. The first-order valence-corrected chi connectivity index (χ1v) is 32.0. The van der Waals surface area contributed by atoms with Crippen LogP contribution in [0.25, 0.3) is 83.4 Å². The van der Waals surface area contributed by atoms with Gasteiger partial charge < -0.3 is 13.9 Å². The van der Waals surface area contributed by atoms with Crippen LogP contribution in [0.2, 0.25) is 0 Å². The standard InChI is InChI=1S/C86H76N4OSi.Pt/c1-58-27-23-28-59(2)82(58)61-43-46-78-80(52-61)88(66-30-25-31-67(55-66)91-68-44-45-76-75-39-21-22-42-77(75)90(79(76)56-68)81-54-63(47-48-87-81)84(3,4)5)57-89(78)83-73(40-26-41-74(83)62-49-64(85(6,7)8)53-65(50-62)86(9,10)11)60-29-24-38-72(51-60)92(69-32-15-12-16-33-69,70-34-17-13-18-35-70)71-36-19-14-20-37-71;/h12-54H,1-11H3;/q-2;/i1D3,2D3,12D,13D,14D,15D,16D,17D,18D,19D,20D,24D,29D,32D,33D,34D,35D,36D,37D,38D,51D;. The van der Waals surface area contributed by atoms with Gasteiger partial charge in [0, 0.05) is 52.5 Å². The molecule has 0 aliphatic rings. The molecule has 0 fully saturated rings. The maximum absolute atomic E-state index is 11.2. The molecule has 3 heterocycles. The summed E-state index contributed by atoms with van der Waals surface area (Å²) in [5.41, 5.74) is 2.87. The van der Waals surface area contributed by atoms with Gasteiger partial charge in [0.2, 0.25) is 0 Å². The summed E-state index contributed by atoms with van der Waals surface area (Å²) in [5.74, 6) is 1.04. The van der Waals surface area contributed by atoms with E-state index in [1.807, 2.05) is 101 Å². The topological polar surface area (TPSA) is 35.9 Å². The molecule has 462 valence electrons. The van der Waals surface area contributed by atoms with Gasteiger partial charge in [0.25, 0.3) is 6.33 Å². The number of ether oxygens (including phenoxy) is 1. The van der Waals surface area contributed by atoms with Crippen LogP contribution in [0, 0.1) is 32.2 Å². The maximum atomic E-state index is 11.2. The predicted octanol–water partition coefficient (Wildman–Crippen LogP) is 18.5. The molecule has 0 radical (unpaired) electrons. The van der Waals surface area contributed by atoms with Crippen molar-refractivity contribution < 1.29 is 64.6 Å². The number of fused-ring (bicyclic) bond motifs is 4. The zero-order chi connectivity index (χ0) is 85.2. The van der Waals surface area contributed by atoms with Gasteiger partial charge in [0.15, 0.2) is 8.07 Å². The molecule has 0 saturated carbocycles. The van der Waals surface area contributed by atoms with Crippen LogP contribution in [0.3, 0.4) is 0 Å². The number of benzene rings is 11. The quantitative estimate of drug-likeness (QED) is 0.0529. The van der Waals surface area contributed by atoms with Crippen LogP contribution in [0.4, 0.5) is 0 Å². The van der Waals surface area contributed by atoms with Crippen molar-refractivity contribution in [2.75, 3.05) is 0 Å². The average molecular weight is 1430 g/mol. The zero-order valence-electron chi connectivity index (χ0n) is 77.4. The minimum absolute atomic E-state index is 0. The summed E-state index contributed by atoms with van der Waals surface area (Å²) in [4.78, 5) is 4.85. The molecular weight excluding hydrogens is 1330 g/mol. The number of pyridine rings is 1. The van der Waals surface area contributed by atoms with Gasteiger partial charge in [0.05, 0.1) is 42.8 Å². The molecular formula is C86H76N4OPtSi-2. The molecule has 14 aromatic rings. The Bertz CT molecular complexity index is 6230. The Morgan fingerprint density at radius 1 is 0.495 bits per heavy atom. The monoisotopic (exact) mass is 1430 g/mol. The summed E-state index contributed by atoms with van der Waals surface area (Å²) < 4.78 is 249. The fourth-order valence-corrected chi connectivity index (χ4v) is 15.6. The van der Waals surface area contributed by atoms with Crippen molar-refractivity contribution in [3.8, 4) is 62.1 Å². The summed E-state index contributed by atoms with van der Waals surface area (Å²) in [6, 6.07) is 26.1. The Morgan fingerprint density at radius 3 is 1.72 bits per heavy atom. The number of nitrogens with zero attached hydrogens (tertiary/aromatic N) is 4. The van der Waals surface area contributed by atoms with E-state index in [2.05, 4.69) is 45.3 Å². The normalized spacial score (nSPS) is 16.2. The first-order chi connectivity index (χ1) is 54.6. The van der Waals surface area contributed by atoms with Crippen LogP contribution < -0.4 is 30.1 Å². The van der Waals surface area contributed by atoms with Crippen LogP contribution in [0.15, 0.2) is 261 Å². The van der Waals surface area contributed by atoms with Gasteiger partial charge in [0.1, 0.15) is 5.82 Å². The van der Waals surface area contributed by atoms with Gasteiger partial charge >= 0.3 is 0 Å². The van der Waals surface area contributed by atoms with Crippen molar-refractivity contribution in [1.29, 1.82) is 0 Å². The van der Waals surface area contributed by atoms with Crippen LogP contribution in [0.1, 0.15) is 124 Å². The van der Waals surface area contributed by atoms with Gasteiger partial charge in [-0.2, -0.15) is 18.2 Å². The molecule has 0 unspecified atom stereocenters. The summed E-state index contributed by atoms with van der Waals surface area (Å²) in [6.07, 6.45) is 5.31. The number of hydrogen-bond donors (Lipinski definition) is 0. The number of imidazole rings is 1. The zero-order valence-corrected chi connectivity index (χ0v) is 55.6. The van der Waals surface area contributed by atoms with Gasteiger partial charge in [-0.05, 0) is 147 Å². The summed E-state index contributed by atoms with van der Waals surface area (Å²) in [5, 5.41) is -2.27. The van der Waals surface area contributed by atoms with Crippen molar-refractivity contribution in [2.45, 2.75) is 92.3 Å². The minimum atomic E-state index is -6.40. The third-order valence-corrected chi connectivity index (χ3v) is 20.8. The van der Waals surface area contributed by atoms with Crippen molar-refractivity contribution >= 4 is 61.7 Å². The molecule has 0 atom stereocenters. The molecule has 0 aliphatic carbocycles. The Morgan fingerprint density at radius 2 is 1.09 bits per heavy atom. The second-order valence-corrected chi connectivity index (χ2v) is 29.3. The van der Waals surface area contributed by atoms with Crippen LogP contribution in [-0.2, 0) is 37.3 Å². The number of aromatic nitrogens is 4. The summed E-state index contributed by atoms with van der Waals surface area (Å²) in [7, 11) is -6.40. The van der Waals surface area contributed by atoms with E-state index in [-0.39, 0.29) is 88.2 Å². The summed E-state index contributed by atoms with van der Waals surface area (Å²) in [6.45, 7) is 12.7. The fraction of sp³-hybridized carbons (Fsp3) is 0.163. The van der Waals surface area contributed by atoms with Gasteiger partial charge in [-0.3, -0.25) is 4.57 Å². The van der Waals surface area contributed by atoms with Crippen LogP contribution >= 0.6 is 0 Å². The second-order valence-electron chi connectivity index (χ2n) is 25.8. The van der Waals surface area contributed by atoms with E-state index >= 15 is 0 Å². The maximum Gasteiger partial charge on any atom is 0.268 e. The Kier molecular flexibility index (Phi) is 10.3. The Hall–Kier alpha value is -9.45. The third kappa shape index (κ3) is 11.5. The fourth-order valence-electron chi connectivity index (χ4n) is 12.0. The van der Waals surface area contributed by atoms with E-state index in [1.165, 1.54) is 30.3 Å². The molecule has 0 saturated heterocycles. The van der Waals surface area contributed by atoms with Crippen molar-refractivity contribution in [1.82, 2.24) is 14.1 Å². The van der Waals surface area contributed by atoms with E-state index in [0.717, 1.165) is 33.0 Å². The van der Waals surface area contributed by atoms with Crippen molar-refractivity contribution in [3.05, 3.63) is 307 Å². The van der Waals surface area contributed by atoms with Gasteiger partial charge in [-0.25, -0.2) is 4.98 Å². The first kappa shape index (κ1) is 39.2. The van der Waals surface area contributed by atoms with E-state index in [0.29, 0.717) is 22.5 Å². The Labute approximate surface area is 599 Å². The van der Waals surface area contributed by atoms with E-state index in [1.54, 1.807) is 63.9 Å².